The molecule has 8 heteroatoms. The molecule has 2 aromatic heterocycles. The number of hydrogen-bond acceptors (Lipinski definition) is 5. The van der Waals surface area contributed by atoms with E-state index in [1.54, 1.807) is 36.2 Å². The third kappa shape index (κ3) is 5.77. The lowest BCUT2D eigenvalue weighted by atomic mass is 9.97. The summed E-state index contributed by atoms with van der Waals surface area (Å²) in [5.74, 6) is 0.627. The number of aryl methyl sites for hydroxylation is 1. The Morgan fingerprint density at radius 3 is 2.32 bits per heavy atom. The Balaban J connectivity index is 0.00000121. The van der Waals surface area contributed by atoms with Gasteiger partial charge in [-0.25, -0.2) is 9.48 Å². The topological polar surface area (TPSA) is 102 Å². The second-order valence-electron chi connectivity index (χ2n) is 9.32. The van der Waals surface area contributed by atoms with Gasteiger partial charge in [0, 0.05) is 17.1 Å². The van der Waals surface area contributed by atoms with Gasteiger partial charge in [0.1, 0.15) is 11.4 Å². The molecule has 0 spiro atoms. The number of aromatic nitrogens is 3. The molecule has 204 valence electrons. The fraction of sp³-hybridized carbons (Fsp3) is 0.433. The van der Waals surface area contributed by atoms with Crippen molar-refractivity contribution < 1.29 is 14.3 Å². The van der Waals surface area contributed by atoms with Gasteiger partial charge in [0.25, 0.3) is 5.56 Å². The van der Waals surface area contributed by atoms with E-state index in [4.69, 9.17) is 9.47 Å². The average Bonchev–Trinajstić information content (AvgIpc) is 3.49. The summed E-state index contributed by atoms with van der Waals surface area (Å²) in [6, 6.07) is 10.4. The molecule has 0 amide bonds. The summed E-state index contributed by atoms with van der Waals surface area (Å²) in [5.41, 5.74) is 2.57. The number of nitrogens with zero attached hydrogens (tertiary/aromatic N) is 3. The minimum atomic E-state index is -0.636. The van der Waals surface area contributed by atoms with Crippen LogP contribution in [-0.2, 0) is 4.74 Å². The van der Waals surface area contributed by atoms with Crippen LogP contribution in [0.1, 0.15) is 84.5 Å². The van der Waals surface area contributed by atoms with Crippen molar-refractivity contribution >= 4 is 27.9 Å². The Morgan fingerprint density at radius 2 is 1.76 bits per heavy atom. The van der Waals surface area contributed by atoms with E-state index in [0.717, 1.165) is 16.5 Å². The standard InChI is InChI=1S/C26H28N4O4.2C2H6/c1-7-20(30-24(31)18-13-16(14-27)8-9-19(18)28-30)22-17-10-11-29(25(32)34-26(3,4)5)23(17)15(2)12-21(22)33-6;2*1-2/h8-13,20,28H,7H2,1-6H3;2*1-2H3. The van der Waals surface area contributed by atoms with Crippen LogP contribution in [0.4, 0.5) is 4.79 Å². The monoisotopic (exact) mass is 520 g/mol. The van der Waals surface area contributed by atoms with Gasteiger partial charge in [-0.1, -0.05) is 34.6 Å². The Kier molecular flexibility index (Phi) is 9.95. The third-order valence-electron chi connectivity index (χ3n) is 5.84. The van der Waals surface area contributed by atoms with Crippen LogP contribution >= 0.6 is 0 Å². The molecule has 0 radical (unpaired) electrons. The normalized spacial score (nSPS) is 11.6. The number of hydrogen-bond donors (Lipinski definition) is 1. The predicted molar refractivity (Wildman–Crippen MR) is 153 cm³/mol. The number of aromatic amines is 1. The SMILES string of the molecule is CC.CC.CCC(c1c(OC)cc(C)c2c1ccn2C(=O)OC(C)(C)C)n1[nH]c2ccc(C#N)cc2c1=O. The van der Waals surface area contributed by atoms with Gasteiger partial charge in [-0.15, -0.1) is 0 Å². The van der Waals surface area contributed by atoms with E-state index in [9.17, 15) is 14.9 Å². The molecular weight excluding hydrogens is 480 g/mol. The van der Waals surface area contributed by atoms with Gasteiger partial charge < -0.3 is 9.47 Å². The predicted octanol–water partition coefficient (Wildman–Crippen LogP) is 7.31. The average molecular weight is 521 g/mol. The number of ether oxygens (including phenoxy) is 2. The van der Waals surface area contributed by atoms with Gasteiger partial charge in [0.2, 0.25) is 0 Å². The summed E-state index contributed by atoms with van der Waals surface area (Å²) in [7, 11) is 1.59. The summed E-state index contributed by atoms with van der Waals surface area (Å²) in [6.07, 6.45) is 1.81. The first-order valence-electron chi connectivity index (χ1n) is 13.2. The van der Waals surface area contributed by atoms with Gasteiger partial charge in [-0.3, -0.25) is 14.5 Å². The second-order valence-corrected chi connectivity index (χ2v) is 9.32. The van der Waals surface area contributed by atoms with E-state index in [1.807, 2.05) is 74.4 Å². The Hall–Kier alpha value is -3.99. The van der Waals surface area contributed by atoms with Crippen molar-refractivity contribution in [2.75, 3.05) is 7.11 Å². The summed E-state index contributed by atoms with van der Waals surface area (Å²) in [5, 5.41) is 13.7. The molecule has 4 aromatic rings. The van der Waals surface area contributed by atoms with Crippen LogP contribution in [0.2, 0.25) is 0 Å². The molecule has 1 unspecified atom stereocenters. The maximum atomic E-state index is 13.3. The first-order valence-corrected chi connectivity index (χ1v) is 13.2. The number of methoxy groups -OCH3 is 1. The van der Waals surface area contributed by atoms with Gasteiger partial charge >= 0.3 is 6.09 Å². The molecule has 1 N–H and O–H groups in total. The van der Waals surface area contributed by atoms with Crippen LogP contribution in [0.3, 0.4) is 0 Å². The first kappa shape index (κ1) is 30.2. The largest absolute Gasteiger partial charge is 0.496 e. The van der Waals surface area contributed by atoms with Crippen molar-refractivity contribution in [1.82, 2.24) is 14.3 Å². The molecule has 0 fully saturated rings. The van der Waals surface area contributed by atoms with Gasteiger partial charge in [0.15, 0.2) is 0 Å². The molecule has 0 aliphatic heterocycles. The molecule has 38 heavy (non-hydrogen) atoms. The van der Waals surface area contributed by atoms with Crippen LogP contribution in [0.15, 0.2) is 41.3 Å². The minimum absolute atomic E-state index is 0.221. The number of carbonyl (C=O) groups excluding carboxylic acids is 1. The van der Waals surface area contributed by atoms with E-state index >= 15 is 0 Å². The molecule has 0 saturated heterocycles. The first-order chi connectivity index (χ1) is 18.1. The molecule has 2 aromatic carbocycles. The second kappa shape index (κ2) is 12.5. The van der Waals surface area contributed by atoms with E-state index in [0.29, 0.717) is 34.2 Å². The molecule has 2 heterocycles. The van der Waals surface area contributed by atoms with Crippen LogP contribution in [-0.4, -0.2) is 33.2 Å². The maximum absolute atomic E-state index is 13.3. The molecular formula is C30H40N4O4. The molecule has 1 atom stereocenters. The highest BCUT2D eigenvalue weighted by molar-refractivity contribution is 5.95. The highest BCUT2D eigenvalue weighted by Gasteiger charge is 2.27. The van der Waals surface area contributed by atoms with Crippen molar-refractivity contribution in [3.05, 3.63) is 63.6 Å². The number of H-pyrrole nitrogens is 1. The summed E-state index contributed by atoms with van der Waals surface area (Å²) < 4.78 is 14.4. The van der Waals surface area contributed by atoms with Crippen molar-refractivity contribution in [3.63, 3.8) is 0 Å². The summed E-state index contributed by atoms with van der Waals surface area (Å²) in [4.78, 5) is 26.3. The summed E-state index contributed by atoms with van der Waals surface area (Å²) >= 11 is 0. The summed E-state index contributed by atoms with van der Waals surface area (Å²) in [6.45, 7) is 17.4. The van der Waals surface area contributed by atoms with E-state index in [-0.39, 0.29) is 5.56 Å². The zero-order chi connectivity index (χ0) is 28.8. The van der Waals surface area contributed by atoms with Crippen molar-refractivity contribution in [2.24, 2.45) is 0 Å². The van der Waals surface area contributed by atoms with Gasteiger partial charge in [-0.2, -0.15) is 5.26 Å². The zero-order valence-electron chi connectivity index (χ0n) is 24.2. The Bertz CT molecular complexity index is 1510. The van der Waals surface area contributed by atoms with Gasteiger partial charge in [0.05, 0.1) is 41.2 Å². The minimum Gasteiger partial charge on any atom is -0.496 e. The number of nitriles is 1. The Morgan fingerprint density at radius 1 is 1.11 bits per heavy atom. The van der Waals surface area contributed by atoms with E-state index < -0.39 is 17.7 Å². The highest BCUT2D eigenvalue weighted by atomic mass is 16.6. The van der Waals surface area contributed by atoms with Crippen molar-refractivity contribution in [1.29, 1.82) is 5.26 Å². The number of carbonyl (C=O) groups is 1. The fourth-order valence-corrected chi connectivity index (χ4v) is 4.44. The van der Waals surface area contributed by atoms with Gasteiger partial charge in [-0.05, 0) is 70.0 Å². The lowest BCUT2D eigenvalue weighted by Crippen LogP contribution is -2.27. The molecule has 4 rings (SSSR count). The lowest BCUT2D eigenvalue weighted by molar-refractivity contribution is 0.0544. The van der Waals surface area contributed by atoms with Crippen LogP contribution in [0, 0.1) is 18.3 Å². The Labute approximate surface area is 224 Å². The molecule has 8 nitrogen and oxygen atoms in total. The van der Waals surface area contributed by atoms with E-state index in [1.165, 1.54) is 4.57 Å². The van der Waals surface area contributed by atoms with Crippen LogP contribution in [0.5, 0.6) is 5.75 Å². The maximum Gasteiger partial charge on any atom is 0.419 e. The molecule has 0 aliphatic rings. The molecule has 0 aliphatic carbocycles. The molecule has 0 saturated carbocycles. The van der Waals surface area contributed by atoms with Crippen LogP contribution in [0.25, 0.3) is 21.8 Å². The number of rotatable bonds is 4. The number of nitrogens with one attached hydrogen (secondary N) is 1. The van der Waals surface area contributed by atoms with E-state index in [2.05, 4.69) is 11.2 Å². The smallest absolute Gasteiger partial charge is 0.419 e. The fourth-order valence-electron chi connectivity index (χ4n) is 4.44. The quantitative estimate of drug-likeness (QED) is 0.304. The van der Waals surface area contributed by atoms with Crippen LogP contribution < -0.4 is 10.3 Å². The van der Waals surface area contributed by atoms with Crippen molar-refractivity contribution in [3.8, 4) is 11.8 Å². The number of benzene rings is 2. The van der Waals surface area contributed by atoms with Crippen molar-refractivity contribution in [2.45, 2.75) is 80.4 Å². The lowest BCUT2D eigenvalue weighted by Gasteiger charge is -2.22. The highest BCUT2D eigenvalue weighted by Crippen LogP contribution is 2.39. The zero-order valence-corrected chi connectivity index (χ0v) is 24.2. The third-order valence-corrected chi connectivity index (χ3v) is 5.84. The number of fused-ring (bicyclic) bond motifs is 2. The molecule has 0 bridgehead atoms.